The fraction of sp³-hybridized carbons (Fsp3) is 0.567. The fourth-order valence-corrected chi connectivity index (χ4v) is 6.33. The molecule has 5 N–H and O–H groups in total. The maximum absolute atomic E-state index is 10.9. The van der Waals surface area contributed by atoms with E-state index in [0.717, 1.165) is 48.1 Å². The Bertz CT molecular complexity index is 1620. The summed E-state index contributed by atoms with van der Waals surface area (Å²) in [7, 11) is 0. The predicted molar refractivity (Wildman–Crippen MR) is 157 cm³/mol. The van der Waals surface area contributed by atoms with Gasteiger partial charge in [-0.3, -0.25) is 9.47 Å². The van der Waals surface area contributed by atoms with Crippen molar-refractivity contribution in [1.82, 2.24) is 34.4 Å². The second-order valence-corrected chi connectivity index (χ2v) is 12.6. The number of aliphatic hydroxyl groups is 2. The number of nitrogen functional groups attached to an aromatic ring is 1. The van der Waals surface area contributed by atoms with Crippen LogP contribution in [0.5, 0.6) is 0 Å². The van der Waals surface area contributed by atoms with Crippen LogP contribution in [0.1, 0.15) is 64.6 Å². The van der Waals surface area contributed by atoms with E-state index in [0.29, 0.717) is 29.7 Å². The summed E-state index contributed by atoms with van der Waals surface area (Å²) in [5.74, 6) is 1.82. The van der Waals surface area contributed by atoms with Crippen molar-refractivity contribution in [2.45, 2.75) is 95.4 Å². The Hall–Kier alpha value is -3.63. The molecule has 222 valence electrons. The van der Waals surface area contributed by atoms with Crippen molar-refractivity contribution < 1.29 is 14.9 Å². The molecule has 1 aromatic carbocycles. The lowest BCUT2D eigenvalue weighted by atomic mass is 9.76. The Kier molecular flexibility index (Phi) is 7.39. The van der Waals surface area contributed by atoms with Crippen molar-refractivity contribution >= 4 is 28.0 Å². The first kappa shape index (κ1) is 28.5. The fourth-order valence-electron chi connectivity index (χ4n) is 6.33. The third kappa shape index (κ3) is 5.11. The lowest BCUT2D eigenvalue weighted by Crippen LogP contribution is -2.52. The van der Waals surface area contributed by atoms with Crippen molar-refractivity contribution in [1.29, 1.82) is 5.26 Å². The number of benzene rings is 1. The number of nitrogens with two attached hydrogens (primary N) is 1. The molecule has 4 heterocycles. The summed E-state index contributed by atoms with van der Waals surface area (Å²) < 4.78 is 7.84. The molecule has 3 aromatic heterocycles. The first-order valence-corrected chi connectivity index (χ1v) is 14.7. The highest BCUT2D eigenvalue weighted by Gasteiger charge is 2.46. The quantitative estimate of drug-likeness (QED) is 0.233. The molecule has 1 saturated heterocycles. The Morgan fingerprint density at radius 1 is 1.21 bits per heavy atom. The van der Waals surface area contributed by atoms with E-state index in [4.69, 9.17) is 15.5 Å². The molecule has 6 rings (SSSR count). The van der Waals surface area contributed by atoms with Crippen LogP contribution in [0.15, 0.2) is 30.9 Å². The van der Waals surface area contributed by atoms with E-state index in [1.165, 1.54) is 12.7 Å². The normalized spacial score (nSPS) is 26.4. The summed E-state index contributed by atoms with van der Waals surface area (Å²) in [4.78, 5) is 23.1. The largest absolute Gasteiger partial charge is 0.387 e. The Morgan fingerprint density at radius 2 is 2.00 bits per heavy atom. The number of aromatic amines is 1. The number of imidazole rings is 2. The Morgan fingerprint density at radius 3 is 2.74 bits per heavy atom. The number of fused-ring (bicyclic) bond motifs is 2. The molecule has 0 unspecified atom stereocenters. The van der Waals surface area contributed by atoms with Gasteiger partial charge in [-0.1, -0.05) is 6.07 Å². The van der Waals surface area contributed by atoms with E-state index >= 15 is 0 Å². The van der Waals surface area contributed by atoms with Crippen LogP contribution in [0.25, 0.3) is 22.2 Å². The smallest absolute Gasteiger partial charge is 0.167 e. The number of hydrogen-bond donors (Lipinski definition) is 4. The zero-order chi connectivity index (χ0) is 29.8. The first-order valence-electron chi connectivity index (χ1n) is 14.7. The summed E-state index contributed by atoms with van der Waals surface area (Å²) >= 11 is 0. The third-order valence-corrected chi connectivity index (χ3v) is 9.06. The van der Waals surface area contributed by atoms with Crippen LogP contribution in [-0.2, 0) is 16.6 Å². The van der Waals surface area contributed by atoms with Crippen molar-refractivity contribution in [2.24, 2.45) is 5.92 Å². The zero-order valence-electron chi connectivity index (χ0n) is 24.5. The lowest BCUT2D eigenvalue weighted by molar-refractivity contribution is -0.0620. The van der Waals surface area contributed by atoms with Crippen LogP contribution in [0.2, 0.25) is 0 Å². The molecule has 2 aliphatic rings. The van der Waals surface area contributed by atoms with Gasteiger partial charge < -0.3 is 25.7 Å². The van der Waals surface area contributed by atoms with Gasteiger partial charge in [0.25, 0.3) is 0 Å². The van der Waals surface area contributed by atoms with E-state index < -0.39 is 30.0 Å². The van der Waals surface area contributed by atoms with Crippen LogP contribution in [-0.4, -0.2) is 81.5 Å². The number of nitriles is 1. The summed E-state index contributed by atoms with van der Waals surface area (Å²) in [5.41, 5.74) is 9.13. The lowest BCUT2D eigenvalue weighted by Gasteiger charge is -2.46. The third-order valence-electron chi connectivity index (χ3n) is 9.06. The molecule has 0 radical (unpaired) electrons. The number of nitrogens with one attached hydrogen (secondary N) is 1. The van der Waals surface area contributed by atoms with Gasteiger partial charge in [0.15, 0.2) is 17.7 Å². The van der Waals surface area contributed by atoms with Crippen molar-refractivity contribution in [2.75, 3.05) is 12.3 Å². The molecule has 42 heavy (non-hydrogen) atoms. The van der Waals surface area contributed by atoms with E-state index in [9.17, 15) is 15.5 Å². The number of aryl methyl sites for hydroxylation is 1. The SMILES string of the molecule is CC(C)N(C[C@H]1O[C@@H](n2cnc3c(N)ncnc32)[C@H](O)[C@@H]1O)C1CC(CCc2nc3cc(C(C)(C)C#N)ccc3[nH]2)C1. The monoisotopic (exact) mass is 573 g/mol. The maximum Gasteiger partial charge on any atom is 0.167 e. The summed E-state index contributed by atoms with van der Waals surface area (Å²) in [6, 6.07) is 9.03. The van der Waals surface area contributed by atoms with E-state index in [2.05, 4.69) is 44.8 Å². The molecular formula is C30H39N9O3. The average molecular weight is 574 g/mol. The Labute approximate surface area is 244 Å². The van der Waals surface area contributed by atoms with Gasteiger partial charge >= 0.3 is 0 Å². The molecule has 1 saturated carbocycles. The standard InChI is InChI=1S/C30H39N9O3/c1-16(2)38(12-22-25(40)26(41)29(42-22)39-15-35-24-27(32)33-14-34-28(24)39)19-9-17(10-19)5-8-23-36-20-7-6-18(11-21(20)37-23)30(3,4)13-31/h6-7,11,14-17,19,22,25-26,29,40-41H,5,8-10,12H2,1-4H3,(H,36,37)(H2,32,33,34)/t17?,19?,22-,25-,26-,29-/m1/s1. The molecule has 0 bridgehead atoms. The average Bonchev–Trinajstić information content (AvgIpc) is 3.63. The van der Waals surface area contributed by atoms with Crippen molar-refractivity contribution in [3.8, 4) is 6.07 Å². The number of anilines is 1. The van der Waals surface area contributed by atoms with Gasteiger partial charge in [-0.25, -0.2) is 19.9 Å². The van der Waals surface area contributed by atoms with Crippen LogP contribution in [0, 0.1) is 17.2 Å². The summed E-state index contributed by atoms with van der Waals surface area (Å²) in [6.07, 6.45) is 3.36. The van der Waals surface area contributed by atoms with Crippen molar-refractivity contribution in [3.05, 3.63) is 42.2 Å². The number of nitrogens with zero attached hydrogens (tertiary/aromatic N) is 7. The molecule has 2 fully saturated rings. The van der Waals surface area contributed by atoms with E-state index in [1.54, 1.807) is 4.57 Å². The molecule has 4 atom stereocenters. The van der Waals surface area contributed by atoms with Gasteiger partial charge in [-0.05, 0) is 70.6 Å². The highest BCUT2D eigenvalue weighted by Crippen LogP contribution is 2.38. The second kappa shape index (κ2) is 10.9. The molecule has 0 amide bonds. The molecule has 4 aromatic rings. The van der Waals surface area contributed by atoms with Gasteiger partial charge in [0.2, 0.25) is 0 Å². The van der Waals surface area contributed by atoms with E-state index in [-0.39, 0.29) is 11.9 Å². The minimum Gasteiger partial charge on any atom is -0.387 e. The molecule has 12 nitrogen and oxygen atoms in total. The molecule has 1 aliphatic carbocycles. The van der Waals surface area contributed by atoms with Gasteiger partial charge in [-0.15, -0.1) is 0 Å². The number of hydrogen-bond acceptors (Lipinski definition) is 10. The van der Waals surface area contributed by atoms with Crippen LogP contribution >= 0.6 is 0 Å². The number of rotatable bonds is 9. The minimum absolute atomic E-state index is 0.253. The molecular weight excluding hydrogens is 534 g/mol. The summed E-state index contributed by atoms with van der Waals surface area (Å²) in [6.45, 7) is 8.66. The first-order chi connectivity index (χ1) is 20.1. The predicted octanol–water partition coefficient (Wildman–Crippen LogP) is 2.83. The van der Waals surface area contributed by atoms with Gasteiger partial charge in [0.1, 0.15) is 36.0 Å². The highest BCUT2D eigenvalue weighted by atomic mass is 16.6. The second-order valence-electron chi connectivity index (χ2n) is 12.6. The maximum atomic E-state index is 10.9. The van der Waals surface area contributed by atoms with Gasteiger partial charge in [0.05, 0.1) is 28.8 Å². The van der Waals surface area contributed by atoms with Crippen molar-refractivity contribution in [3.63, 3.8) is 0 Å². The van der Waals surface area contributed by atoms with Gasteiger partial charge in [-0.2, -0.15) is 5.26 Å². The topological polar surface area (TPSA) is 175 Å². The zero-order valence-corrected chi connectivity index (χ0v) is 24.5. The van der Waals surface area contributed by atoms with Crippen LogP contribution in [0.4, 0.5) is 5.82 Å². The number of ether oxygens (including phenoxy) is 1. The molecule has 1 aliphatic heterocycles. The molecule has 0 spiro atoms. The van der Waals surface area contributed by atoms with E-state index in [1.807, 2.05) is 32.0 Å². The summed E-state index contributed by atoms with van der Waals surface area (Å²) in [5, 5.41) is 31.3. The molecule has 12 heteroatoms. The number of aromatic nitrogens is 6. The number of H-pyrrole nitrogens is 1. The highest BCUT2D eigenvalue weighted by molar-refractivity contribution is 5.81. The van der Waals surface area contributed by atoms with Crippen LogP contribution in [0.3, 0.4) is 0 Å². The van der Waals surface area contributed by atoms with Gasteiger partial charge in [0, 0.05) is 25.0 Å². The van der Waals surface area contributed by atoms with Crippen LogP contribution < -0.4 is 5.73 Å². The Balaban J connectivity index is 1.06. The number of aliphatic hydroxyl groups excluding tert-OH is 2. The minimum atomic E-state index is -1.13.